The number of likely N-dealkylation sites (N-methyl/N-ethyl adjacent to an activating group) is 1. The molecule has 1 atom stereocenters. The van der Waals surface area contributed by atoms with Gasteiger partial charge in [0.15, 0.2) is 0 Å². The van der Waals surface area contributed by atoms with Gasteiger partial charge in [-0.25, -0.2) is 4.98 Å². The first kappa shape index (κ1) is 14.7. The van der Waals surface area contributed by atoms with Gasteiger partial charge in [-0.3, -0.25) is 14.7 Å². The van der Waals surface area contributed by atoms with Crippen molar-refractivity contribution in [2.24, 2.45) is 7.05 Å². The fraction of sp³-hybridized carbons (Fsp3) is 0.438. The van der Waals surface area contributed by atoms with E-state index in [-0.39, 0.29) is 11.9 Å². The van der Waals surface area contributed by atoms with E-state index in [9.17, 15) is 4.79 Å². The SMILES string of the molecule is CCN1CCN(C(=O)c2ccncc2)C[C@H]1c1nccn1C. The molecule has 1 fully saturated rings. The molecule has 1 saturated heterocycles. The van der Waals surface area contributed by atoms with Crippen molar-refractivity contribution in [3.63, 3.8) is 0 Å². The number of nitrogens with zero attached hydrogens (tertiary/aromatic N) is 5. The van der Waals surface area contributed by atoms with Crippen molar-refractivity contribution < 1.29 is 4.79 Å². The van der Waals surface area contributed by atoms with Gasteiger partial charge in [0.25, 0.3) is 5.91 Å². The third-order valence-electron chi connectivity index (χ3n) is 4.27. The molecule has 1 amide bonds. The topological polar surface area (TPSA) is 54.3 Å². The summed E-state index contributed by atoms with van der Waals surface area (Å²) in [5.41, 5.74) is 0.693. The lowest BCUT2D eigenvalue weighted by molar-refractivity contribution is 0.0472. The monoisotopic (exact) mass is 299 g/mol. The molecule has 6 heteroatoms. The number of carbonyl (C=O) groups is 1. The third-order valence-corrected chi connectivity index (χ3v) is 4.27. The molecule has 116 valence electrons. The van der Waals surface area contributed by atoms with Crippen LogP contribution in [0.5, 0.6) is 0 Å². The van der Waals surface area contributed by atoms with E-state index in [2.05, 4.69) is 21.8 Å². The van der Waals surface area contributed by atoms with Crippen LogP contribution < -0.4 is 0 Å². The first-order valence-corrected chi connectivity index (χ1v) is 7.61. The van der Waals surface area contributed by atoms with Gasteiger partial charge in [-0.1, -0.05) is 6.92 Å². The van der Waals surface area contributed by atoms with E-state index in [1.54, 1.807) is 24.5 Å². The smallest absolute Gasteiger partial charge is 0.254 e. The van der Waals surface area contributed by atoms with Crippen molar-refractivity contribution in [3.05, 3.63) is 48.3 Å². The van der Waals surface area contributed by atoms with Crippen molar-refractivity contribution in [2.75, 3.05) is 26.2 Å². The maximum atomic E-state index is 12.6. The summed E-state index contributed by atoms with van der Waals surface area (Å²) in [4.78, 5) is 25.4. The Morgan fingerprint density at radius 1 is 1.27 bits per heavy atom. The van der Waals surface area contributed by atoms with Crippen LogP contribution in [0.1, 0.15) is 29.1 Å². The van der Waals surface area contributed by atoms with Crippen molar-refractivity contribution in [1.82, 2.24) is 24.3 Å². The first-order chi connectivity index (χ1) is 10.7. The highest BCUT2D eigenvalue weighted by Crippen LogP contribution is 2.24. The summed E-state index contributed by atoms with van der Waals surface area (Å²) < 4.78 is 2.04. The number of hydrogen-bond acceptors (Lipinski definition) is 4. The minimum absolute atomic E-state index is 0.0670. The van der Waals surface area contributed by atoms with Crippen LogP contribution in [0, 0.1) is 0 Å². The maximum absolute atomic E-state index is 12.6. The van der Waals surface area contributed by atoms with E-state index in [0.29, 0.717) is 12.1 Å². The fourth-order valence-corrected chi connectivity index (χ4v) is 3.00. The Labute approximate surface area is 130 Å². The molecule has 6 nitrogen and oxygen atoms in total. The van der Waals surface area contributed by atoms with Crippen molar-refractivity contribution >= 4 is 5.91 Å². The molecule has 1 aliphatic heterocycles. The average Bonchev–Trinajstić information content (AvgIpc) is 3.00. The summed E-state index contributed by atoms with van der Waals surface area (Å²) in [5.74, 6) is 1.08. The summed E-state index contributed by atoms with van der Waals surface area (Å²) in [6, 6.07) is 3.68. The number of hydrogen-bond donors (Lipinski definition) is 0. The van der Waals surface area contributed by atoms with Crippen molar-refractivity contribution in [3.8, 4) is 0 Å². The van der Waals surface area contributed by atoms with Crippen LogP contribution in [0.25, 0.3) is 0 Å². The number of imidazole rings is 1. The minimum Gasteiger partial charge on any atom is -0.337 e. The zero-order valence-electron chi connectivity index (χ0n) is 13.0. The van der Waals surface area contributed by atoms with Gasteiger partial charge in [0, 0.05) is 57.0 Å². The molecule has 2 aromatic rings. The Hall–Kier alpha value is -2.21. The van der Waals surface area contributed by atoms with Gasteiger partial charge in [0.05, 0.1) is 6.04 Å². The maximum Gasteiger partial charge on any atom is 0.254 e. The quantitative estimate of drug-likeness (QED) is 0.858. The third kappa shape index (κ3) is 2.74. The normalized spacial score (nSPS) is 19.4. The van der Waals surface area contributed by atoms with E-state index in [1.807, 2.05) is 28.9 Å². The van der Waals surface area contributed by atoms with Crippen LogP contribution >= 0.6 is 0 Å². The lowest BCUT2D eigenvalue weighted by atomic mass is 10.1. The zero-order chi connectivity index (χ0) is 15.5. The Morgan fingerprint density at radius 3 is 2.68 bits per heavy atom. The zero-order valence-corrected chi connectivity index (χ0v) is 13.0. The molecule has 3 rings (SSSR count). The number of piperazine rings is 1. The van der Waals surface area contributed by atoms with Crippen LogP contribution in [0.2, 0.25) is 0 Å². The van der Waals surface area contributed by atoms with Gasteiger partial charge in [-0.2, -0.15) is 0 Å². The number of aryl methyl sites for hydroxylation is 1. The number of rotatable bonds is 3. The summed E-state index contributed by atoms with van der Waals surface area (Å²) in [6.45, 7) is 5.38. The Kier molecular flexibility index (Phi) is 4.20. The average molecular weight is 299 g/mol. The van der Waals surface area contributed by atoms with Crippen LogP contribution in [-0.2, 0) is 7.05 Å². The molecule has 0 spiro atoms. The second-order valence-electron chi connectivity index (χ2n) is 5.53. The molecule has 2 aromatic heterocycles. The molecule has 0 aromatic carbocycles. The Balaban J connectivity index is 1.82. The Bertz CT molecular complexity index is 639. The molecule has 0 radical (unpaired) electrons. The van der Waals surface area contributed by atoms with Crippen molar-refractivity contribution in [2.45, 2.75) is 13.0 Å². The molecule has 22 heavy (non-hydrogen) atoms. The fourth-order valence-electron chi connectivity index (χ4n) is 3.00. The molecule has 0 unspecified atom stereocenters. The molecule has 0 bridgehead atoms. The molecule has 0 aliphatic carbocycles. The molecule has 0 saturated carbocycles. The largest absolute Gasteiger partial charge is 0.337 e. The Morgan fingerprint density at radius 2 is 2.05 bits per heavy atom. The number of aromatic nitrogens is 3. The predicted octanol–water partition coefficient (Wildman–Crippen LogP) is 1.33. The van der Waals surface area contributed by atoms with Crippen molar-refractivity contribution in [1.29, 1.82) is 0 Å². The molecule has 0 N–H and O–H groups in total. The highest BCUT2D eigenvalue weighted by Gasteiger charge is 2.32. The number of amides is 1. The molecule has 1 aliphatic rings. The standard InChI is InChI=1S/C16H21N5O/c1-3-20-10-11-21(16(22)13-4-6-17-7-5-13)12-14(20)15-18-8-9-19(15)2/h4-9,14H,3,10-12H2,1-2H3/t14-/m0/s1. The van der Waals surface area contributed by atoms with E-state index >= 15 is 0 Å². The van der Waals surface area contributed by atoms with Crippen LogP contribution in [-0.4, -0.2) is 56.4 Å². The first-order valence-electron chi connectivity index (χ1n) is 7.61. The second kappa shape index (κ2) is 6.27. The summed E-state index contributed by atoms with van der Waals surface area (Å²) in [6.07, 6.45) is 7.08. The van der Waals surface area contributed by atoms with Gasteiger partial charge >= 0.3 is 0 Å². The number of carbonyl (C=O) groups excluding carboxylic acids is 1. The highest BCUT2D eigenvalue weighted by atomic mass is 16.2. The van der Waals surface area contributed by atoms with Gasteiger partial charge in [-0.05, 0) is 18.7 Å². The van der Waals surface area contributed by atoms with E-state index in [0.717, 1.165) is 25.5 Å². The van der Waals surface area contributed by atoms with Gasteiger partial charge < -0.3 is 9.47 Å². The lowest BCUT2D eigenvalue weighted by Crippen LogP contribution is -2.50. The molecular formula is C16H21N5O. The molecular weight excluding hydrogens is 278 g/mol. The van der Waals surface area contributed by atoms with Gasteiger partial charge in [0.1, 0.15) is 5.82 Å². The lowest BCUT2D eigenvalue weighted by Gasteiger charge is -2.40. The van der Waals surface area contributed by atoms with Crippen LogP contribution in [0.3, 0.4) is 0 Å². The summed E-state index contributed by atoms with van der Waals surface area (Å²) >= 11 is 0. The van der Waals surface area contributed by atoms with Gasteiger partial charge in [0.2, 0.25) is 0 Å². The van der Waals surface area contributed by atoms with E-state index in [4.69, 9.17) is 0 Å². The molecule has 3 heterocycles. The minimum atomic E-state index is 0.0670. The van der Waals surface area contributed by atoms with E-state index < -0.39 is 0 Å². The van der Waals surface area contributed by atoms with E-state index in [1.165, 1.54) is 0 Å². The summed E-state index contributed by atoms with van der Waals surface area (Å²) in [7, 11) is 2.00. The van der Waals surface area contributed by atoms with Crippen LogP contribution in [0.15, 0.2) is 36.9 Å². The van der Waals surface area contributed by atoms with Gasteiger partial charge in [-0.15, -0.1) is 0 Å². The highest BCUT2D eigenvalue weighted by molar-refractivity contribution is 5.94. The second-order valence-corrected chi connectivity index (χ2v) is 5.53. The number of pyridine rings is 1. The summed E-state index contributed by atoms with van der Waals surface area (Å²) in [5, 5.41) is 0. The van der Waals surface area contributed by atoms with Crippen LogP contribution in [0.4, 0.5) is 0 Å². The predicted molar refractivity (Wildman–Crippen MR) is 83.3 cm³/mol.